The van der Waals surface area contributed by atoms with E-state index >= 15 is 0 Å². The van der Waals surface area contributed by atoms with Gasteiger partial charge in [-0.1, -0.05) is 47.6 Å². The van der Waals surface area contributed by atoms with Crippen LogP contribution in [0, 0.1) is 0 Å². The van der Waals surface area contributed by atoms with Gasteiger partial charge in [0.2, 0.25) is 0 Å². The highest BCUT2D eigenvalue weighted by Crippen LogP contribution is 2.18. The van der Waals surface area contributed by atoms with Crippen molar-refractivity contribution in [1.82, 2.24) is 5.32 Å². The van der Waals surface area contributed by atoms with Gasteiger partial charge in [-0.25, -0.2) is 9.63 Å². The molecule has 0 saturated heterocycles. The van der Waals surface area contributed by atoms with Gasteiger partial charge >= 0.3 is 6.09 Å². The highest BCUT2D eigenvalue weighted by Gasteiger charge is 2.09. The average Bonchev–Trinajstić information content (AvgIpc) is 2.45. The highest BCUT2D eigenvalue weighted by molar-refractivity contribution is 5.89. The third kappa shape index (κ3) is 4.21. The van der Waals surface area contributed by atoms with Crippen LogP contribution in [0.25, 0.3) is 10.8 Å². The van der Waals surface area contributed by atoms with Gasteiger partial charge in [0, 0.05) is 6.04 Å². The standard InChI is InChI=1S/C16H19N3O2/c1-11(2)18-16(20)21-19-15(17)10-13-8-5-7-12-6-3-4-9-14(12)13/h3-9,11H,10H2,1-2H3,(H2,17,19)(H,18,20)/p+1. The Bertz CT molecular complexity index is 660. The van der Waals surface area contributed by atoms with Gasteiger partial charge in [0.05, 0.1) is 6.42 Å². The molecule has 2 aromatic carbocycles. The third-order valence-electron chi connectivity index (χ3n) is 2.94. The molecule has 110 valence electrons. The van der Waals surface area contributed by atoms with Crippen LogP contribution in [0.3, 0.4) is 0 Å². The molecule has 0 atom stereocenters. The van der Waals surface area contributed by atoms with E-state index < -0.39 is 6.09 Å². The molecule has 0 heterocycles. The Hall–Kier alpha value is -2.56. The van der Waals surface area contributed by atoms with Gasteiger partial charge in [0.15, 0.2) is 0 Å². The molecule has 5 nitrogen and oxygen atoms in total. The largest absolute Gasteiger partial charge is 0.452 e. The Morgan fingerprint density at radius 1 is 1.24 bits per heavy atom. The number of amidine groups is 1. The number of amides is 1. The van der Waals surface area contributed by atoms with E-state index in [2.05, 4.69) is 22.6 Å². The molecule has 0 fully saturated rings. The summed E-state index contributed by atoms with van der Waals surface area (Å²) in [6.07, 6.45) is -0.0677. The number of carbonyl (C=O) groups is 1. The maximum atomic E-state index is 11.4. The smallest absolute Gasteiger partial charge is 0.316 e. The second kappa shape index (κ2) is 6.74. The SMILES string of the molecule is CC(C)NC(=O)O[NH+]=C(N)Cc1cccc2ccccc12. The maximum absolute atomic E-state index is 11.4. The Labute approximate surface area is 123 Å². The Kier molecular flexibility index (Phi) is 4.77. The Balaban J connectivity index is 2.07. The number of fused-ring (bicyclic) bond motifs is 1. The van der Waals surface area contributed by atoms with E-state index in [-0.39, 0.29) is 6.04 Å². The molecule has 0 radical (unpaired) electrons. The van der Waals surface area contributed by atoms with E-state index in [0.717, 1.165) is 16.3 Å². The minimum absolute atomic E-state index is 0.0126. The highest BCUT2D eigenvalue weighted by atomic mass is 16.7. The number of nitrogens with two attached hydrogens (primary N) is 1. The molecule has 0 aliphatic rings. The zero-order valence-corrected chi connectivity index (χ0v) is 12.2. The lowest BCUT2D eigenvalue weighted by Gasteiger charge is -2.05. The molecule has 5 heteroatoms. The molecule has 0 unspecified atom stereocenters. The van der Waals surface area contributed by atoms with Crippen molar-refractivity contribution < 1.29 is 14.8 Å². The summed E-state index contributed by atoms with van der Waals surface area (Å²) in [5, 5.41) is 7.37. The number of hydrogen-bond acceptors (Lipinski definition) is 2. The van der Waals surface area contributed by atoms with Crippen LogP contribution in [0.15, 0.2) is 42.5 Å². The van der Waals surface area contributed by atoms with Gasteiger partial charge in [0.1, 0.15) is 0 Å². The number of hydrogen-bond donors (Lipinski definition) is 3. The van der Waals surface area contributed by atoms with Crippen molar-refractivity contribution in [3.63, 3.8) is 0 Å². The molecule has 1 amide bonds. The number of rotatable bonds is 4. The summed E-state index contributed by atoms with van der Waals surface area (Å²) in [4.78, 5) is 16.2. The van der Waals surface area contributed by atoms with Crippen molar-refractivity contribution in [3.05, 3.63) is 48.0 Å². The van der Waals surface area contributed by atoms with Crippen LogP contribution in [0.2, 0.25) is 0 Å². The molecular weight excluding hydrogens is 266 g/mol. The minimum atomic E-state index is -0.550. The summed E-state index contributed by atoms with van der Waals surface area (Å²) in [5.74, 6) is 0.380. The van der Waals surface area contributed by atoms with Gasteiger partial charge in [-0.2, -0.15) is 0 Å². The van der Waals surface area contributed by atoms with Gasteiger partial charge < -0.3 is 5.32 Å². The van der Waals surface area contributed by atoms with Crippen LogP contribution in [0.4, 0.5) is 4.79 Å². The first kappa shape index (κ1) is 14.8. The molecule has 0 aromatic heterocycles. The van der Waals surface area contributed by atoms with Gasteiger partial charge in [-0.15, -0.1) is 0 Å². The fourth-order valence-corrected chi connectivity index (χ4v) is 2.06. The second-order valence-corrected chi connectivity index (χ2v) is 5.13. The topological polar surface area (TPSA) is 78.3 Å². The van der Waals surface area contributed by atoms with Crippen LogP contribution in [0.1, 0.15) is 19.4 Å². The van der Waals surface area contributed by atoms with Crippen LogP contribution in [0.5, 0.6) is 0 Å². The van der Waals surface area contributed by atoms with Crippen molar-refractivity contribution in [2.24, 2.45) is 5.73 Å². The Morgan fingerprint density at radius 2 is 1.95 bits per heavy atom. The lowest BCUT2D eigenvalue weighted by Crippen LogP contribution is -2.76. The van der Waals surface area contributed by atoms with Crippen LogP contribution >= 0.6 is 0 Å². The molecular formula is C16H20N3O2+. The van der Waals surface area contributed by atoms with Crippen LogP contribution in [-0.2, 0) is 11.3 Å². The summed E-state index contributed by atoms with van der Waals surface area (Å²) in [6.45, 7) is 3.70. The van der Waals surface area contributed by atoms with Crippen molar-refractivity contribution in [2.75, 3.05) is 0 Å². The maximum Gasteiger partial charge on any atom is 0.452 e. The lowest BCUT2D eigenvalue weighted by molar-refractivity contribution is -0.722. The quantitative estimate of drug-likeness (QED) is 0.338. The van der Waals surface area contributed by atoms with Gasteiger partial charge in [-0.05, 0) is 30.2 Å². The lowest BCUT2D eigenvalue weighted by atomic mass is 10.0. The van der Waals surface area contributed by atoms with Gasteiger partial charge in [0.25, 0.3) is 5.84 Å². The van der Waals surface area contributed by atoms with Gasteiger partial charge in [-0.3, -0.25) is 5.73 Å². The van der Waals surface area contributed by atoms with Crippen molar-refractivity contribution in [2.45, 2.75) is 26.3 Å². The summed E-state index contributed by atoms with van der Waals surface area (Å²) in [5.41, 5.74) is 6.95. The average molecular weight is 286 g/mol. The van der Waals surface area contributed by atoms with E-state index in [1.54, 1.807) is 0 Å². The fourth-order valence-electron chi connectivity index (χ4n) is 2.06. The Morgan fingerprint density at radius 3 is 2.71 bits per heavy atom. The molecule has 0 bridgehead atoms. The fraction of sp³-hybridized carbons (Fsp3) is 0.250. The van der Waals surface area contributed by atoms with Crippen molar-refractivity contribution in [1.29, 1.82) is 0 Å². The number of benzene rings is 2. The predicted molar refractivity (Wildman–Crippen MR) is 82.6 cm³/mol. The van der Waals surface area contributed by atoms with Crippen LogP contribution in [-0.4, -0.2) is 18.0 Å². The molecule has 21 heavy (non-hydrogen) atoms. The summed E-state index contributed by atoms with van der Waals surface area (Å²) in [6, 6.07) is 14.1. The van der Waals surface area contributed by atoms with Crippen molar-refractivity contribution >= 4 is 22.7 Å². The molecule has 2 rings (SSSR count). The minimum Gasteiger partial charge on any atom is -0.316 e. The molecule has 0 spiro atoms. The van der Waals surface area contributed by atoms with E-state index in [1.807, 2.05) is 44.2 Å². The van der Waals surface area contributed by atoms with E-state index in [1.165, 1.54) is 0 Å². The number of nitrogens with one attached hydrogen (secondary N) is 2. The molecule has 0 aliphatic carbocycles. The van der Waals surface area contributed by atoms with Crippen LogP contribution < -0.4 is 16.2 Å². The van der Waals surface area contributed by atoms with Crippen molar-refractivity contribution in [3.8, 4) is 0 Å². The summed E-state index contributed by atoms with van der Waals surface area (Å²) in [7, 11) is 0. The zero-order valence-electron chi connectivity index (χ0n) is 12.2. The third-order valence-corrected chi connectivity index (χ3v) is 2.94. The first-order valence-electron chi connectivity index (χ1n) is 6.87. The predicted octanol–water partition coefficient (Wildman–Crippen LogP) is 0.870. The van der Waals surface area contributed by atoms with E-state index in [4.69, 9.17) is 10.6 Å². The second-order valence-electron chi connectivity index (χ2n) is 5.13. The summed E-state index contributed by atoms with van der Waals surface area (Å²) >= 11 is 0. The first-order chi connectivity index (χ1) is 10.1. The van der Waals surface area contributed by atoms with E-state index in [0.29, 0.717) is 12.3 Å². The number of carbonyl (C=O) groups excluding carboxylic acids is 1. The van der Waals surface area contributed by atoms with E-state index in [9.17, 15) is 4.79 Å². The molecule has 4 N–H and O–H groups in total. The molecule has 0 saturated carbocycles. The molecule has 2 aromatic rings. The monoisotopic (exact) mass is 286 g/mol. The normalized spacial score (nSPS) is 11.7. The molecule has 0 aliphatic heterocycles. The first-order valence-corrected chi connectivity index (χ1v) is 6.87. The summed E-state index contributed by atoms with van der Waals surface area (Å²) < 4.78 is 0. The zero-order chi connectivity index (χ0) is 15.2.